The van der Waals surface area contributed by atoms with Crippen LogP contribution in [0.3, 0.4) is 0 Å². The van der Waals surface area contributed by atoms with Crippen LogP contribution in [0.25, 0.3) is 10.9 Å². The van der Waals surface area contributed by atoms with Crippen LogP contribution in [0.2, 0.25) is 10.0 Å². The second-order valence-electron chi connectivity index (χ2n) is 6.05. The lowest BCUT2D eigenvalue weighted by atomic mass is 10.1. The van der Waals surface area contributed by atoms with Crippen molar-refractivity contribution in [2.24, 2.45) is 0 Å². The third-order valence-corrected chi connectivity index (χ3v) is 5.08. The molecule has 142 valence electrons. The Morgan fingerprint density at radius 2 is 1.89 bits per heavy atom. The number of carbonyl (C=O) groups excluding carboxylic acids is 1. The molecule has 0 N–H and O–H groups in total. The molecule has 0 fully saturated rings. The summed E-state index contributed by atoms with van der Waals surface area (Å²) in [6.45, 7) is 1.81. The van der Waals surface area contributed by atoms with E-state index in [0.29, 0.717) is 27.1 Å². The van der Waals surface area contributed by atoms with Gasteiger partial charge in [-0.15, -0.1) is 0 Å². The number of alkyl halides is 3. The highest BCUT2D eigenvalue weighted by molar-refractivity contribution is 6.38. The summed E-state index contributed by atoms with van der Waals surface area (Å²) >= 11 is 12.6. The molecule has 0 radical (unpaired) electrons. The Labute approximate surface area is 163 Å². The molecule has 0 amide bonds. The van der Waals surface area contributed by atoms with Crippen LogP contribution in [0, 0.1) is 6.92 Å². The van der Waals surface area contributed by atoms with Crippen molar-refractivity contribution < 1.29 is 22.7 Å². The number of halogens is 5. The van der Waals surface area contributed by atoms with Gasteiger partial charge in [0, 0.05) is 22.2 Å². The van der Waals surface area contributed by atoms with E-state index in [2.05, 4.69) is 0 Å². The molecule has 0 aliphatic carbocycles. The zero-order valence-corrected chi connectivity index (χ0v) is 15.8. The van der Waals surface area contributed by atoms with Gasteiger partial charge in [0.05, 0.1) is 35.3 Å². The predicted octanol–water partition coefficient (Wildman–Crippen LogP) is 6.11. The summed E-state index contributed by atoms with van der Waals surface area (Å²) in [6, 6.07) is 6.81. The zero-order valence-electron chi connectivity index (χ0n) is 14.3. The Balaban J connectivity index is 2.10. The van der Waals surface area contributed by atoms with Crippen molar-refractivity contribution in [1.29, 1.82) is 0 Å². The molecule has 1 heterocycles. The lowest BCUT2D eigenvalue weighted by Crippen LogP contribution is -2.08. The SMILES string of the molecule is COC(=O)c1ccc(Cl)c(Cn2ccc3cc(C(F)(F)F)cc(C)c32)c1Cl. The summed E-state index contributed by atoms with van der Waals surface area (Å²) in [5, 5.41) is 0.957. The summed E-state index contributed by atoms with van der Waals surface area (Å²) in [6.07, 6.45) is -2.75. The first-order chi connectivity index (χ1) is 12.6. The maximum atomic E-state index is 13.0. The molecule has 0 saturated carbocycles. The molecule has 8 heteroatoms. The van der Waals surface area contributed by atoms with Crippen LogP contribution in [0.15, 0.2) is 36.5 Å². The minimum Gasteiger partial charge on any atom is -0.465 e. The summed E-state index contributed by atoms with van der Waals surface area (Å²) < 4.78 is 45.5. The van der Waals surface area contributed by atoms with Crippen molar-refractivity contribution in [3.63, 3.8) is 0 Å². The van der Waals surface area contributed by atoms with Gasteiger partial charge in [-0.05, 0) is 42.8 Å². The number of aromatic nitrogens is 1. The number of ether oxygens (including phenoxy) is 1. The maximum absolute atomic E-state index is 13.0. The van der Waals surface area contributed by atoms with Crippen LogP contribution in [-0.4, -0.2) is 17.6 Å². The normalized spacial score (nSPS) is 11.8. The molecule has 0 aliphatic heterocycles. The number of fused-ring (bicyclic) bond motifs is 1. The fourth-order valence-electron chi connectivity index (χ4n) is 3.05. The van der Waals surface area contributed by atoms with E-state index in [1.807, 2.05) is 0 Å². The highest BCUT2D eigenvalue weighted by Gasteiger charge is 2.31. The first kappa shape index (κ1) is 19.6. The first-order valence-corrected chi connectivity index (χ1v) is 8.61. The van der Waals surface area contributed by atoms with Gasteiger partial charge in [0.1, 0.15) is 0 Å². The van der Waals surface area contributed by atoms with Crippen molar-refractivity contribution in [2.45, 2.75) is 19.6 Å². The third-order valence-electron chi connectivity index (χ3n) is 4.30. The summed E-state index contributed by atoms with van der Waals surface area (Å²) in [4.78, 5) is 11.8. The van der Waals surface area contributed by atoms with Crippen molar-refractivity contribution >= 4 is 40.1 Å². The van der Waals surface area contributed by atoms with Crippen LogP contribution in [0.4, 0.5) is 13.2 Å². The number of methoxy groups -OCH3 is 1. The van der Waals surface area contributed by atoms with Gasteiger partial charge in [0.15, 0.2) is 0 Å². The standard InChI is InChI=1S/C19H14Cl2F3NO2/c1-10-7-12(19(22,23)24)8-11-5-6-25(17(10)11)9-14-15(20)4-3-13(16(14)21)18(26)27-2/h3-8H,9H2,1-2H3. The third kappa shape index (κ3) is 3.64. The molecule has 2 aromatic carbocycles. The Morgan fingerprint density at radius 3 is 2.52 bits per heavy atom. The van der Waals surface area contributed by atoms with E-state index >= 15 is 0 Å². The molecule has 0 bridgehead atoms. The second kappa shape index (κ2) is 7.09. The molecule has 0 aliphatic rings. The van der Waals surface area contributed by atoms with Crippen LogP contribution >= 0.6 is 23.2 Å². The molecule has 3 aromatic rings. The number of hydrogen-bond acceptors (Lipinski definition) is 2. The summed E-state index contributed by atoms with van der Waals surface area (Å²) in [5.74, 6) is -0.596. The quantitative estimate of drug-likeness (QED) is 0.483. The maximum Gasteiger partial charge on any atom is 0.416 e. The molecule has 0 atom stereocenters. The van der Waals surface area contributed by atoms with E-state index in [4.69, 9.17) is 27.9 Å². The molecule has 3 rings (SSSR count). The van der Waals surface area contributed by atoms with Gasteiger partial charge in [-0.1, -0.05) is 23.2 Å². The molecule has 27 heavy (non-hydrogen) atoms. The zero-order chi connectivity index (χ0) is 19.9. The Hall–Kier alpha value is -2.18. The molecule has 0 saturated heterocycles. The lowest BCUT2D eigenvalue weighted by Gasteiger charge is -2.14. The van der Waals surface area contributed by atoms with Gasteiger partial charge in [0.25, 0.3) is 0 Å². The van der Waals surface area contributed by atoms with Gasteiger partial charge in [-0.25, -0.2) is 4.79 Å². The van der Waals surface area contributed by atoms with Crippen LogP contribution in [0.1, 0.15) is 27.0 Å². The van der Waals surface area contributed by atoms with Gasteiger partial charge in [0.2, 0.25) is 0 Å². The summed E-state index contributed by atoms with van der Waals surface area (Å²) in [5.41, 5.74) is 1.07. The highest BCUT2D eigenvalue weighted by Crippen LogP contribution is 2.35. The molecule has 1 aromatic heterocycles. The number of benzene rings is 2. The topological polar surface area (TPSA) is 31.2 Å². The lowest BCUT2D eigenvalue weighted by molar-refractivity contribution is -0.137. The fourth-order valence-corrected chi connectivity index (χ4v) is 3.61. The van der Waals surface area contributed by atoms with E-state index in [-0.39, 0.29) is 17.1 Å². The molecular formula is C19H14Cl2F3NO2. The van der Waals surface area contributed by atoms with Gasteiger partial charge in [-0.3, -0.25) is 0 Å². The summed E-state index contributed by atoms with van der Waals surface area (Å²) in [7, 11) is 1.24. The fraction of sp³-hybridized carbons (Fsp3) is 0.211. The Morgan fingerprint density at radius 1 is 1.19 bits per heavy atom. The minimum absolute atomic E-state index is 0.153. The molecule has 0 spiro atoms. The van der Waals surface area contributed by atoms with Gasteiger partial charge < -0.3 is 9.30 Å². The molecular weight excluding hydrogens is 402 g/mol. The van der Waals surface area contributed by atoms with Crippen molar-refractivity contribution in [3.05, 3.63) is 68.8 Å². The largest absolute Gasteiger partial charge is 0.465 e. The highest BCUT2D eigenvalue weighted by atomic mass is 35.5. The molecule has 3 nitrogen and oxygen atoms in total. The van der Waals surface area contributed by atoms with E-state index in [1.54, 1.807) is 23.8 Å². The minimum atomic E-state index is -4.41. The Bertz CT molecular complexity index is 1040. The van der Waals surface area contributed by atoms with Gasteiger partial charge in [-0.2, -0.15) is 13.2 Å². The monoisotopic (exact) mass is 415 g/mol. The number of carbonyl (C=O) groups is 1. The van der Waals surface area contributed by atoms with Crippen molar-refractivity contribution in [1.82, 2.24) is 4.57 Å². The van der Waals surface area contributed by atoms with Crippen molar-refractivity contribution in [3.8, 4) is 0 Å². The number of esters is 1. The number of aryl methyl sites for hydroxylation is 1. The van der Waals surface area contributed by atoms with E-state index in [0.717, 1.165) is 12.1 Å². The van der Waals surface area contributed by atoms with E-state index in [1.165, 1.54) is 19.2 Å². The average molecular weight is 416 g/mol. The second-order valence-corrected chi connectivity index (χ2v) is 6.84. The number of hydrogen-bond donors (Lipinski definition) is 0. The number of nitrogens with zero attached hydrogens (tertiary/aromatic N) is 1. The van der Waals surface area contributed by atoms with Crippen LogP contribution in [0.5, 0.6) is 0 Å². The van der Waals surface area contributed by atoms with Crippen molar-refractivity contribution in [2.75, 3.05) is 7.11 Å². The molecule has 0 unspecified atom stereocenters. The van der Waals surface area contributed by atoms with E-state index in [9.17, 15) is 18.0 Å². The van der Waals surface area contributed by atoms with E-state index < -0.39 is 17.7 Å². The number of rotatable bonds is 3. The smallest absolute Gasteiger partial charge is 0.416 e. The average Bonchev–Trinajstić information content (AvgIpc) is 3.00. The predicted molar refractivity (Wildman–Crippen MR) is 98.6 cm³/mol. The van der Waals surface area contributed by atoms with Crippen LogP contribution < -0.4 is 0 Å². The van der Waals surface area contributed by atoms with Gasteiger partial charge >= 0.3 is 12.1 Å². The van der Waals surface area contributed by atoms with Crippen LogP contribution in [-0.2, 0) is 17.5 Å². The Kier molecular flexibility index (Phi) is 5.14. The first-order valence-electron chi connectivity index (χ1n) is 7.85.